The second-order valence-corrected chi connectivity index (χ2v) is 5.65. The van der Waals surface area contributed by atoms with Crippen molar-refractivity contribution in [2.75, 3.05) is 0 Å². The van der Waals surface area contributed by atoms with Gasteiger partial charge in [-0.25, -0.2) is 0 Å². The third-order valence-corrected chi connectivity index (χ3v) is 4.22. The molecule has 0 saturated carbocycles. The first-order valence-corrected chi connectivity index (χ1v) is 6.84. The van der Waals surface area contributed by atoms with E-state index in [2.05, 4.69) is 73.3 Å². The van der Waals surface area contributed by atoms with Gasteiger partial charge in [0.1, 0.15) is 0 Å². The van der Waals surface area contributed by atoms with Crippen LogP contribution >= 0.6 is 11.8 Å². The van der Waals surface area contributed by atoms with Gasteiger partial charge in [-0.2, -0.15) is 0 Å². The van der Waals surface area contributed by atoms with Gasteiger partial charge in [0.05, 0.1) is 0 Å². The molecule has 2 heteroatoms. The number of aromatic nitrogens is 1. The molecule has 3 rings (SSSR count). The van der Waals surface area contributed by atoms with E-state index >= 15 is 0 Å². The highest BCUT2D eigenvalue weighted by Gasteiger charge is 2.05. The summed E-state index contributed by atoms with van der Waals surface area (Å²) in [6.07, 6.45) is 2.11. The monoisotopic (exact) mass is 253 g/mol. The first-order chi connectivity index (χ1) is 8.74. The Morgan fingerprint density at radius 3 is 2.50 bits per heavy atom. The molecule has 0 unspecified atom stereocenters. The summed E-state index contributed by atoms with van der Waals surface area (Å²) in [7, 11) is 2.09. The van der Waals surface area contributed by atoms with Gasteiger partial charge in [-0.1, -0.05) is 35.5 Å². The Hall–Kier alpha value is -1.67. The molecule has 1 nitrogen and oxygen atoms in total. The molecule has 90 valence electrons. The highest BCUT2D eigenvalue weighted by atomic mass is 32.2. The third kappa shape index (κ3) is 2.04. The fourth-order valence-electron chi connectivity index (χ4n) is 2.10. The molecule has 2 aromatic carbocycles. The van der Waals surface area contributed by atoms with Crippen LogP contribution in [-0.2, 0) is 7.05 Å². The van der Waals surface area contributed by atoms with Crippen molar-refractivity contribution in [1.82, 2.24) is 4.57 Å². The lowest BCUT2D eigenvalue weighted by atomic mass is 10.2. The Balaban J connectivity index is 2.02. The van der Waals surface area contributed by atoms with Crippen LogP contribution < -0.4 is 0 Å². The number of aryl methyl sites for hydroxylation is 2. The maximum Gasteiger partial charge on any atom is 0.0489 e. The van der Waals surface area contributed by atoms with Crippen LogP contribution in [-0.4, -0.2) is 4.57 Å². The maximum absolute atomic E-state index is 2.19. The first-order valence-electron chi connectivity index (χ1n) is 6.02. The largest absolute Gasteiger partial charge is 0.351 e. The number of nitrogens with zero attached hydrogens (tertiary/aromatic N) is 1. The summed E-state index contributed by atoms with van der Waals surface area (Å²) in [6.45, 7) is 2.12. The molecule has 3 aromatic rings. The van der Waals surface area contributed by atoms with Gasteiger partial charge >= 0.3 is 0 Å². The molecule has 1 heterocycles. The topological polar surface area (TPSA) is 4.93 Å². The molecule has 0 aliphatic heterocycles. The Morgan fingerprint density at radius 2 is 1.72 bits per heavy atom. The molecule has 0 spiro atoms. The molecular formula is C16H15NS. The first kappa shape index (κ1) is 11.4. The summed E-state index contributed by atoms with van der Waals surface area (Å²) < 4.78 is 2.16. The van der Waals surface area contributed by atoms with Crippen molar-refractivity contribution < 1.29 is 0 Å². The number of rotatable bonds is 2. The second-order valence-electron chi connectivity index (χ2n) is 4.53. The number of fused-ring (bicyclic) bond motifs is 1. The zero-order valence-electron chi connectivity index (χ0n) is 10.6. The van der Waals surface area contributed by atoms with E-state index in [-0.39, 0.29) is 0 Å². The van der Waals surface area contributed by atoms with E-state index < -0.39 is 0 Å². The van der Waals surface area contributed by atoms with Crippen molar-refractivity contribution in [2.45, 2.75) is 16.7 Å². The lowest BCUT2D eigenvalue weighted by Crippen LogP contribution is -1.83. The molecule has 0 radical (unpaired) electrons. The lowest BCUT2D eigenvalue weighted by molar-refractivity contribution is 0.969. The van der Waals surface area contributed by atoms with Gasteiger partial charge in [0.15, 0.2) is 0 Å². The summed E-state index contributed by atoms with van der Waals surface area (Å²) >= 11 is 1.83. The average Bonchev–Trinajstić information content (AvgIpc) is 2.76. The molecule has 0 atom stereocenters. The molecule has 0 aliphatic rings. The Bertz CT molecular complexity index is 680. The Labute approximate surface area is 111 Å². The molecule has 1 aromatic heterocycles. The van der Waals surface area contributed by atoms with Crippen LogP contribution in [0.2, 0.25) is 0 Å². The van der Waals surface area contributed by atoms with Crippen molar-refractivity contribution in [2.24, 2.45) is 7.05 Å². The SMILES string of the molecule is Cc1ccc(Sc2cccc3c2ccn3C)cc1. The number of hydrogen-bond donors (Lipinski definition) is 0. The van der Waals surface area contributed by atoms with Gasteiger partial charge in [0, 0.05) is 33.9 Å². The fourth-order valence-corrected chi connectivity index (χ4v) is 3.05. The van der Waals surface area contributed by atoms with Crippen LogP contribution in [0.5, 0.6) is 0 Å². The third-order valence-electron chi connectivity index (χ3n) is 3.14. The Kier molecular flexibility index (Phi) is 2.88. The van der Waals surface area contributed by atoms with E-state index in [1.165, 1.54) is 26.3 Å². The molecule has 0 N–H and O–H groups in total. The second kappa shape index (κ2) is 4.54. The van der Waals surface area contributed by atoms with Gasteiger partial charge < -0.3 is 4.57 Å². The molecular weight excluding hydrogens is 238 g/mol. The van der Waals surface area contributed by atoms with Gasteiger partial charge in [-0.05, 0) is 37.3 Å². The minimum atomic E-state index is 1.28. The van der Waals surface area contributed by atoms with Crippen LogP contribution in [0.25, 0.3) is 10.9 Å². The van der Waals surface area contributed by atoms with Gasteiger partial charge in [0.2, 0.25) is 0 Å². The van der Waals surface area contributed by atoms with Crippen LogP contribution in [0.4, 0.5) is 0 Å². The van der Waals surface area contributed by atoms with Crippen molar-refractivity contribution in [1.29, 1.82) is 0 Å². The van der Waals surface area contributed by atoms with Crippen LogP contribution in [0.3, 0.4) is 0 Å². The van der Waals surface area contributed by atoms with Crippen molar-refractivity contribution in [3.63, 3.8) is 0 Å². The van der Waals surface area contributed by atoms with E-state index in [1.54, 1.807) is 0 Å². The molecule has 0 bridgehead atoms. The maximum atomic E-state index is 2.19. The normalized spacial score (nSPS) is 11.0. The molecule has 18 heavy (non-hydrogen) atoms. The summed E-state index contributed by atoms with van der Waals surface area (Å²) in [6, 6.07) is 17.3. The van der Waals surface area contributed by atoms with Crippen LogP contribution in [0, 0.1) is 6.92 Å². The van der Waals surface area contributed by atoms with E-state index in [0.717, 1.165) is 0 Å². The highest BCUT2D eigenvalue weighted by molar-refractivity contribution is 7.99. The highest BCUT2D eigenvalue weighted by Crippen LogP contribution is 2.33. The minimum absolute atomic E-state index is 1.28. The van der Waals surface area contributed by atoms with Crippen LogP contribution in [0.1, 0.15) is 5.56 Å². The van der Waals surface area contributed by atoms with Crippen molar-refractivity contribution in [3.05, 3.63) is 60.3 Å². The van der Waals surface area contributed by atoms with Crippen molar-refractivity contribution in [3.8, 4) is 0 Å². The lowest BCUT2D eigenvalue weighted by Gasteiger charge is -2.04. The standard InChI is InChI=1S/C16H15NS/c1-12-6-8-13(9-7-12)18-16-5-3-4-15-14(16)10-11-17(15)2/h3-11H,1-2H3. The fraction of sp³-hybridized carbons (Fsp3) is 0.125. The van der Waals surface area contributed by atoms with Crippen LogP contribution in [0.15, 0.2) is 64.5 Å². The van der Waals surface area contributed by atoms with Crippen molar-refractivity contribution >= 4 is 22.7 Å². The molecule has 0 amide bonds. The minimum Gasteiger partial charge on any atom is -0.351 e. The quantitative estimate of drug-likeness (QED) is 0.644. The van der Waals surface area contributed by atoms with E-state index in [9.17, 15) is 0 Å². The van der Waals surface area contributed by atoms with Gasteiger partial charge in [0.25, 0.3) is 0 Å². The van der Waals surface area contributed by atoms with E-state index in [1.807, 2.05) is 11.8 Å². The Morgan fingerprint density at radius 1 is 0.944 bits per heavy atom. The summed E-state index contributed by atoms with van der Waals surface area (Å²) in [5.41, 5.74) is 2.59. The van der Waals surface area contributed by atoms with E-state index in [0.29, 0.717) is 0 Å². The molecule has 0 saturated heterocycles. The summed E-state index contributed by atoms with van der Waals surface area (Å²) in [4.78, 5) is 2.61. The number of benzene rings is 2. The molecule has 0 fully saturated rings. The smallest absolute Gasteiger partial charge is 0.0489 e. The predicted molar refractivity (Wildman–Crippen MR) is 78.2 cm³/mol. The average molecular weight is 253 g/mol. The zero-order valence-corrected chi connectivity index (χ0v) is 11.4. The van der Waals surface area contributed by atoms with Gasteiger partial charge in [-0.3, -0.25) is 0 Å². The van der Waals surface area contributed by atoms with Gasteiger partial charge in [-0.15, -0.1) is 0 Å². The summed E-state index contributed by atoms with van der Waals surface area (Å²) in [5.74, 6) is 0. The number of hydrogen-bond acceptors (Lipinski definition) is 1. The predicted octanol–water partition coefficient (Wildman–Crippen LogP) is 4.64. The summed E-state index contributed by atoms with van der Waals surface area (Å²) in [5, 5.41) is 1.32. The molecule has 0 aliphatic carbocycles. The van der Waals surface area contributed by atoms with E-state index in [4.69, 9.17) is 0 Å². The zero-order chi connectivity index (χ0) is 12.5.